The van der Waals surface area contributed by atoms with Gasteiger partial charge in [0.15, 0.2) is 0 Å². The predicted molar refractivity (Wildman–Crippen MR) is 83.8 cm³/mol. The summed E-state index contributed by atoms with van der Waals surface area (Å²) in [6.07, 6.45) is 1.37. The normalized spacial score (nSPS) is 11.6. The predicted octanol–water partition coefficient (Wildman–Crippen LogP) is 4.26. The van der Waals surface area contributed by atoms with Crippen molar-refractivity contribution in [3.8, 4) is 11.5 Å². The monoisotopic (exact) mass is 265 g/mol. The van der Waals surface area contributed by atoms with Crippen LogP contribution in [0.5, 0.6) is 11.5 Å². The van der Waals surface area contributed by atoms with Crippen LogP contribution in [0.3, 0.4) is 0 Å². The van der Waals surface area contributed by atoms with Crippen molar-refractivity contribution in [2.24, 2.45) is 15.0 Å². The molecular weight excluding hydrogens is 250 g/mol. The third-order valence-corrected chi connectivity index (χ3v) is 2.43. The van der Waals surface area contributed by atoms with Crippen LogP contribution in [0.2, 0.25) is 0 Å². The van der Waals surface area contributed by atoms with Gasteiger partial charge in [-0.1, -0.05) is 18.2 Å². The molecule has 0 fully saturated rings. The lowest BCUT2D eigenvalue weighted by molar-refractivity contribution is 0.483. The molecule has 20 heavy (non-hydrogen) atoms. The van der Waals surface area contributed by atoms with Gasteiger partial charge in [0.1, 0.15) is 23.7 Å². The Kier molecular flexibility index (Phi) is 4.78. The van der Waals surface area contributed by atoms with Gasteiger partial charge in [0.2, 0.25) is 0 Å². The van der Waals surface area contributed by atoms with E-state index >= 15 is 0 Å². The number of ether oxygens (including phenoxy) is 1. The summed E-state index contributed by atoms with van der Waals surface area (Å²) in [5.41, 5.74) is 0.809. The molecule has 0 aliphatic rings. The summed E-state index contributed by atoms with van der Waals surface area (Å²) in [7, 11) is 0. The second kappa shape index (κ2) is 6.99. The van der Waals surface area contributed by atoms with Crippen LogP contribution in [0.4, 0.5) is 5.69 Å². The maximum absolute atomic E-state index is 5.70. The van der Waals surface area contributed by atoms with E-state index in [1.165, 1.54) is 6.34 Å². The number of hydrogen-bond acceptors (Lipinski definition) is 2. The van der Waals surface area contributed by atoms with Gasteiger partial charge in [0.25, 0.3) is 0 Å². The maximum atomic E-state index is 5.70. The molecule has 4 heteroatoms. The minimum Gasteiger partial charge on any atom is -0.457 e. The maximum Gasteiger partial charge on any atom is 0.127 e. The lowest BCUT2D eigenvalue weighted by Crippen LogP contribution is -1.85. The molecule has 0 aromatic heterocycles. The Morgan fingerprint density at radius 2 is 1.65 bits per heavy atom. The van der Waals surface area contributed by atoms with Crippen LogP contribution in [0.1, 0.15) is 6.92 Å². The highest BCUT2D eigenvalue weighted by molar-refractivity contribution is 5.89. The third-order valence-electron chi connectivity index (χ3n) is 2.43. The first kappa shape index (κ1) is 13.7. The number of nitrogens with zero attached hydrogens (tertiary/aromatic N) is 3. The highest BCUT2D eigenvalue weighted by Crippen LogP contribution is 2.23. The molecule has 0 amide bonds. The van der Waals surface area contributed by atoms with Gasteiger partial charge in [-0.2, -0.15) is 0 Å². The highest BCUT2D eigenvalue weighted by Gasteiger charge is 1.97. The van der Waals surface area contributed by atoms with Gasteiger partial charge >= 0.3 is 0 Å². The molecule has 0 heterocycles. The van der Waals surface area contributed by atoms with Crippen LogP contribution in [-0.4, -0.2) is 18.9 Å². The average Bonchev–Trinajstić information content (AvgIpc) is 2.48. The fraction of sp³-hybridized carbons (Fsp3) is 0.0625. The Morgan fingerprint density at radius 3 is 2.30 bits per heavy atom. The lowest BCUT2D eigenvalue weighted by atomic mass is 10.3. The fourth-order valence-corrected chi connectivity index (χ4v) is 1.55. The van der Waals surface area contributed by atoms with Gasteiger partial charge in [-0.25, -0.2) is 9.98 Å². The molecule has 0 N–H and O–H groups in total. The quantitative estimate of drug-likeness (QED) is 0.602. The van der Waals surface area contributed by atoms with Crippen LogP contribution in [0, 0.1) is 0 Å². The molecule has 2 aromatic rings. The summed E-state index contributed by atoms with van der Waals surface area (Å²) in [5.74, 6) is 2.19. The van der Waals surface area contributed by atoms with E-state index in [1.807, 2.05) is 54.6 Å². The Bertz CT molecular complexity index is 616. The van der Waals surface area contributed by atoms with Gasteiger partial charge in [-0.15, -0.1) is 0 Å². The lowest BCUT2D eigenvalue weighted by Gasteiger charge is -2.05. The van der Waals surface area contributed by atoms with Crippen molar-refractivity contribution < 1.29 is 4.74 Å². The molecule has 0 saturated carbocycles. The second-order valence-electron chi connectivity index (χ2n) is 4.00. The molecule has 0 radical (unpaired) electrons. The standard InChI is InChI=1S/C16H15N3O/c1-13(18-12-17-2)19-14-8-10-16(11-9-14)20-15-6-4-3-5-7-15/h3-12H,2H2,1H3. The molecule has 0 unspecified atom stereocenters. The van der Waals surface area contributed by atoms with E-state index in [0.717, 1.165) is 17.2 Å². The van der Waals surface area contributed by atoms with Crippen LogP contribution in [0.25, 0.3) is 0 Å². The molecule has 100 valence electrons. The minimum atomic E-state index is 0.620. The number of benzene rings is 2. The van der Waals surface area contributed by atoms with Gasteiger partial charge in [-0.3, -0.25) is 4.99 Å². The molecule has 0 saturated heterocycles. The molecule has 0 aliphatic heterocycles. The molecule has 0 aliphatic carbocycles. The van der Waals surface area contributed by atoms with E-state index in [2.05, 4.69) is 21.7 Å². The summed E-state index contributed by atoms with van der Waals surface area (Å²) < 4.78 is 5.70. The number of rotatable bonds is 4. The summed E-state index contributed by atoms with van der Waals surface area (Å²) >= 11 is 0. The zero-order valence-electron chi connectivity index (χ0n) is 11.2. The van der Waals surface area contributed by atoms with Crippen LogP contribution < -0.4 is 4.74 Å². The molecular formula is C16H15N3O. The molecule has 0 atom stereocenters. The fourth-order valence-electron chi connectivity index (χ4n) is 1.55. The Hall–Kier alpha value is -2.75. The van der Waals surface area contributed by atoms with Gasteiger partial charge < -0.3 is 4.74 Å². The molecule has 2 rings (SSSR count). The molecule has 0 bridgehead atoms. The van der Waals surface area contributed by atoms with Crippen LogP contribution in [0.15, 0.2) is 69.6 Å². The Morgan fingerprint density at radius 1 is 1.00 bits per heavy atom. The summed E-state index contributed by atoms with van der Waals surface area (Å²) in [4.78, 5) is 11.8. The van der Waals surface area contributed by atoms with Crippen molar-refractivity contribution in [2.75, 3.05) is 0 Å². The molecule has 0 spiro atoms. The van der Waals surface area contributed by atoms with Crippen molar-refractivity contribution in [1.29, 1.82) is 0 Å². The summed E-state index contributed by atoms with van der Waals surface area (Å²) in [6.45, 7) is 5.12. The van der Waals surface area contributed by atoms with E-state index < -0.39 is 0 Å². The SMILES string of the molecule is C=NC=NC(C)=Nc1ccc(Oc2ccccc2)cc1. The third kappa shape index (κ3) is 4.17. The van der Waals surface area contributed by atoms with Crippen molar-refractivity contribution in [3.05, 3.63) is 54.6 Å². The van der Waals surface area contributed by atoms with Crippen molar-refractivity contribution in [2.45, 2.75) is 6.92 Å². The molecule has 2 aromatic carbocycles. The van der Waals surface area contributed by atoms with E-state index in [1.54, 1.807) is 6.92 Å². The average molecular weight is 265 g/mol. The van der Waals surface area contributed by atoms with E-state index in [0.29, 0.717) is 5.84 Å². The largest absolute Gasteiger partial charge is 0.457 e. The first-order valence-corrected chi connectivity index (χ1v) is 6.14. The zero-order valence-corrected chi connectivity index (χ0v) is 11.2. The second-order valence-corrected chi connectivity index (χ2v) is 4.00. The van der Waals surface area contributed by atoms with Gasteiger partial charge in [0, 0.05) is 0 Å². The van der Waals surface area contributed by atoms with E-state index in [9.17, 15) is 0 Å². The summed E-state index contributed by atoms with van der Waals surface area (Å²) in [6, 6.07) is 17.1. The highest BCUT2D eigenvalue weighted by atomic mass is 16.5. The van der Waals surface area contributed by atoms with Gasteiger partial charge in [0.05, 0.1) is 5.69 Å². The Balaban J connectivity index is 2.07. The number of para-hydroxylation sites is 1. The van der Waals surface area contributed by atoms with E-state index in [-0.39, 0.29) is 0 Å². The molecule has 4 nitrogen and oxygen atoms in total. The number of hydrogen-bond donors (Lipinski definition) is 0. The zero-order chi connectivity index (χ0) is 14.2. The number of amidine groups is 1. The van der Waals surface area contributed by atoms with Crippen LogP contribution in [-0.2, 0) is 0 Å². The van der Waals surface area contributed by atoms with Crippen LogP contribution >= 0.6 is 0 Å². The first-order valence-electron chi connectivity index (χ1n) is 6.14. The van der Waals surface area contributed by atoms with Crippen molar-refractivity contribution in [1.82, 2.24) is 0 Å². The topological polar surface area (TPSA) is 46.3 Å². The number of aliphatic imine (C=N–C) groups is 3. The van der Waals surface area contributed by atoms with Crippen molar-refractivity contribution in [3.63, 3.8) is 0 Å². The summed E-state index contributed by atoms with van der Waals surface area (Å²) in [5, 5.41) is 0. The van der Waals surface area contributed by atoms with Crippen molar-refractivity contribution >= 4 is 24.6 Å². The smallest absolute Gasteiger partial charge is 0.127 e. The van der Waals surface area contributed by atoms with Gasteiger partial charge in [-0.05, 0) is 50.0 Å². The first-order chi connectivity index (χ1) is 9.78. The van der Waals surface area contributed by atoms with E-state index in [4.69, 9.17) is 4.74 Å². The Labute approximate surface area is 118 Å². The minimum absolute atomic E-state index is 0.620.